The molecule has 2 aromatic rings. The van der Waals surface area contributed by atoms with Crippen molar-refractivity contribution in [1.82, 2.24) is 0 Å². The highest BCUT2D eigenvalue weighted by molar-refractivity contribution is 14.1. The standard InChI is InChI=1S/C15H12ClIO3/c1-9-7-11(4-5-12(9)16)20-15(18)10-3-6-14(19-2)13(17)8-10/h3-8H,1-2H3. The molecule has 3 nitrogen and oxygen atoms in total. The number of benzene rings is 2. The second kappa shape index (κ2) is 6.45. The van der Waals surface area contributed by atoms with Crippen LogP contribution < -0.4 is 9.47 Å². The highest BCUT2D eigenvalue weighted by Gasteiger charge is 2.11. The molecule has 0 aliphatic rings. The van der Waals surface area contributed by atoms with E-state index in [1.54, 1.807) is 43.5 Å². The Morgan fingerprint density at radius 3 is 2.55 bits per heavy atom. The highest BCUT2D eigenvalue weighted by Crippen LogP contribution is 2.24. The molecule has 0 aliphatic carbocycles. The first-order valence-corrected chi connectivity index (χ1v) is 7.29. The molecule has 0 N–H and O–H groups in total. The zero-order chi connectivity index (χ0) is 14.7. The van der Waals surface area contributed by atoms with Crippen LogP contribution in [0.2, 0.25) is 5.02 Å². The van der Waals surface area contributed by atoms with Crippen LogP contribution in [-0.2, 0) is 0 Å². The molecular formula is C15H12ClIO3. The molecule has 104 valence electrons. The molecule has 0 spiro atoms. The average molecular weight is 403 g/mol. The molecule has 0 fully saturated rings. The number of esters is 1. The van der Waals surface area contributed by atoms with Crippen molar-refractivity contribution in [2.75, 3.05) is 7.11 Å². The lowest BCUT2D eigenvalue weighted by atomic mass is 10.2. The second-order valence-corrected chi connectivity index (χ2v) is 5.72. The SMILES string of the molecule is COc1ccc(C(=O)Oc2ccc(Cl)c(C)c2)cc1I. The first-order chi connectivity index (χ1) is 9.51. The van der Waals surface area contributed by atoms with Gasteiger partial charge in [-0.2, -0.15) is 0 Å². The lowest BCUT2D eigenvalue weighted by Gasteiger charge is -2.08. The topological polar surface area (TPSA) is 35.5 Å². The summed E-state index contributed by atoms with van der Waals surface area (Å²) in [6.45, 7) is 1.86. The molecule has 0 bridgehead atoms. The van der Waals surface area contributed by atoms with E-state index in [0.717, 1.165) is 14.9 Å². The predicted molar refractivity (Wildman–Crippen MR) is 86.9 cm³/mol. The maximum atomic E-state index is 12.1. The Balaban J connectivity index is 2.19. The smallest absolute Gasteiger partial charge is 0.343 e. The molecular weight excluding hydrogens is 391 g/mol. The minimum atomic E-state index is -0.410. The fraction of sp³-hybridized carbons (Fsp3) is 0.133. The van der Waals surface area contributed by atoms with Crippen molar-refractivity contribution in [2.24, 2.45) is 0 Å². The van der Waals surface area contributed by atoms with E-state index in [1.165, 1.54) is 0 Å². The van der Waals surface area contributed by atoms with E-state index >= 15 is 0 Å². The van der Waals surface area contributed by atoms with E-state index in [0.29, 0.717) is 16.3 Å². The summed E-state index contributed by atoms with van der Waals surface area (Å²) in [4.78, 5) is 12.1. The Hall–Kier alpha value is -1.27. The van der Waals surface area contributed by atoms with Gasteiger partial charge in [-0.05, 0) is 71.5 Å². The summed E-state index contributed by atoms with van der Waals surface area (Å²) in [5.41, 5.74) is 1.34. The van der Waals surface area contributed by atoms with Crippen LogP contribution in [-0.4, -0.2) is 13.1 Å². The molecule has 0 aromatic heterocycles. The lowest BCUT2D eigenvalue weighted by Crippen LogP contribution is -2.09. The largest absolute Gasteiger partial charge is 0.496 e. The van der Waals surface area contributed by atoms with Gasteiger partial charge in [0.25, 0.3) is 0 Å². The van der Waals surface area contributed by atoms with E-state index in [2.05, 4.69) is 22.6 Å². The Labute approximate surface area is 136 Å². The number of aryl methyl sites for hydroxylation is 1. The Morgan fingerprint density at radius 1 is 1.20 bits per heavy atom. The third-order valence-electron chi connectivity index (χ3n) is 2.73. The van der Waals surface area contributed by atoms with Crippen LogP contribution in [0.4, 0.5) is 0 Å². The monoisotopic (exact) mass is 402 g/mol. The van der Waals surface area contributed by atoms with Crippen molar-refractivity contribution in [3.8, 4) is 11.5 Å². The zero-order valence-corrected chi connectivity index (χ0v) is 13.9. The molecule has 2 aromatic carbocycles. The summed E-state index contributed by atoms with van der Waals surface area (Å²) in [7, 11) is 1.59. The maximum Gasteiger partial charge on any atom is 0.343 e. The molecule has 20 heavy (non-hydrogen) atoms. The van der Waals surface area contributed by atoms with Gasteiger partial charge in [-0.25, -0.2) is 4.79 Å². The molecule has 5 heteroatoms. The molecule has 0 radical (unpaired) electrons. The van der Waals surface area contributed by atoms with E-state index < -0.39 is 5.97 Å². The van der Waals surface area contributed by atoms with Crippen molar-refractivity contribution >= 4 is 40.2 Å². The number of hydrogen-bond acceptors (Lipinski definition) is 3. The van der Waals surface area contributed by atoms with Crippen LogP contribution in [0.25, 0.3) is 0 Å². The van der Waals surface area contributed by atoms with Crippen molar-refractivity contribution in [1.29, 1.82) is 0 Å². The third kappa shape index (κ3) is 3.43. The van der Waals surface area contributed by atoms with Gasteiger partial charge in [0.15, 0.2) is 0 Å². The first kappa shape index (κ1) is 15.1. The summed E-state index contributed by atoms with van der Waals surface area (Å²) in [6, 6.07) is 10.2. The van der Waals surface area contributed by atoms with Crippen LogP contribution in [0.5, 0.6) is 11.5 Å². The third-order valence-corrected chi connectivity index (χ3v) is 3.99. The zero-order valence-electron chi connectivity index (χ0n) is 10.9. The van der Waals surface area contributed by atoms with E-state index in [9.17, 15) is 4.79 Å². The summed E-state index contributed by atoms with van der Waals surface area (Å²) >= 11 is 8.04. The fourth-order valence-corrected chi connectivity index (χ4v) is 2.49. The van der Waals surface area contributed by atoms with Crippen molar-refractivity contribution in [3.05, 3.63) is 56.1 Å². The van der Waals surface area contributed by atoms with Crippen LogP contribution in [0.15, 0.2) is 36.4 Å². The van der Waals surface area contributed by atoms with Crippen molar-refractivity contribution in [2.45, 2.75) is 6.92 Å². The average Bonchev–Trinajstić information content (AvgIpc) is 2.42. The maximum absolute atomic E-state index is 12.1. The quantitative estimate of drug-likeness (QED) is 0.431. The Morgan fingerprint density at radius 2 is 1.95 bits per heavy atom. The molecule has 0 saturated heterocycles. The van der Waals surface area contributed by atoms with E-state index in [-0.39, 0.29) is 0 Å². The molecule has 2 rings (SSSR count). The number of halogens is 2. The Bertz CT molecular complexity index is 656. The summed E-state index contributed by atoms with van der Waals surface area (Å²) in [5.74, 6) is 0.791. The van der Waals surface area contributed by atoms with Gasteiger partial charge < -0.3 is 9.47 Å². The number of ether oxygens (including phenoxy) is 2. The van der Waals surface area contributed by atoms with Crippen molar-refractivity contribution in [3.63, 3.8) is 0 Å². The molecule has 0 atom stereocenters. The molecule has 0 amide bonds. The first-order valence-electron chi connectivity index (χ1n) is 5.83. The van der Waals surface area contributed by atoms with Gasteiger partial charge in [0.2, 0.25) is 0 Å². The van der Waals surface area contributed by atoms with Gasteiger partial charge in [-0.1, -0.05) is 11.6 Å². The van der Waals surface area contributed by atoms with Gasteiger partial charge in [-0.15, -0.1) is 0 Å². The number of methoxy groups -OCH3 is 1. The summed E-state index contributed by atoms with van der Waals surface area (Å²) in [6.07, 6.45) is 0. The predicted octanol–water partition coefficient (Wildman–Crippen LogP) is 4.48. The summed E-state index contributed by atoms with van der Waals surface area (Å²) in [5, 5.41) is 0.642. The van der Waals surface area contributed by atoms with Gasteiger partial charge in [-0.3, -0.25) is 0 Å². The van der Waals surface area contributed by atoms with Gasteiger partial charge in [0.05, 0.1) is 16.2 Å². The highest BCUT2D eigenvalue weighted by atomic mass is 127. The minimum Gasteiger partial charge on any atom is -0.496 e. The van der Waals surface area contributed by atoms with Gasteiger partial charge >= 0.3 is 5.97 Å². The van der Waals surface area contributed by atoms with E-state index in [4.69, 9.17) is 21.1 Å². The molecule has 0 aliphatic heterocycles. The van der Waals surface area contributed by atoms with Crippen molar-refractivity contribution < 1.29 is 14.3 Å². The Kier molecular flexibility index (Phi) is 4.88. The number of rotatable bonds is 3. The minimum absolute atomic E-state index is 0.410. The second-order valence-electron chi connectivity index (χ2n) is 4.15. The van der Waals surface area contributed by atoms with Crippen LogP contribution >= 0.6 is 34.2 Å². The molecule has 0 unspecified atom stereocenters. The summed E-state index contributed by atoms with van der Waals surface area (Å²) < 4.78 is 11.3. The van der Waals surface area contributed by atoms with Crippen LogP contribution in [0.3, 0.4) is 0 Å². The van der Waals surface area contributed by atoms with Crippen LogP contribution in [0, 0.1) is 10.5 Å². The van der Waals surface area contributed by atoms with Crippen LogP contribution in [0.1, 0.15) is 15.9 Å². The number of carbonyl (C=O) groups is 1. The van der Waals surface area contributed by atoms with E-state index in [1.807, 2.05) is 6.92 Å². The van der Waals surface area contributed by atoms with Gasteiger partial charge in [0, 0.05) is 5.02 Å². The molecule has 0 saturated carbocycles. The number of carbonyl (C=O) groups excluding carboxylic acids is 1. The normalized spacial score (nSPS) is 10.2. The fourth-order valence-electron chi connectivity index (χ4n) is 1.64. The lowest BCUT2D eigenvalue weighted by molar-refractivity contribution is 0.0734. The number of hydrogen-bond donors (Lipinski definition) is 0. The molecule has 0 heterocycles. The van der Waals surface area contributed by atoms with Gasteiger partial charge in [0.1, 0.15) is 11.5 Å².